The molecular formula is C10H16O3. The first-order valence-electron chi connectivity index (χ1n) is 4.85. The molecule has 1 atom stereocenters. The Labute approximate surface area is 78.5 Å². The van der Waals surface area contributed by atoms with E-state index in [0.29, 0.717) is 12.8 Å². The lowest BCUT2D eigenvalue weighted by Crippen LogP contribution is -2.25. The molecule has 0 spiro atoms. The van der Waals surface area contributed by atoms with Crippen LogP contribution >= 0.6 is 0 Å². The molecule has 0 heterocycles. The van der Waals surface area contributed by atoms with E-state index in [2.05, 4.69) is 0 Å². The normalized spacial score (nSPS) is 18.8. The average Bonchev–Trinajstić information content (AvgIpc) is 1.97. The maximum atomic E-state index is 11.2. The van der Waals surface area contributed by atoms with E-state index in [4.69, 9.17) is 4.74 Å². The molecule has 0 bridgehead atoms. The molecular weight excluding hydrogens is 168 g/mol. The quantitative estimate of drug-likeness (QED) is 0.482. The smallest absolute Gasteiger partial charge is 0.306 e. The molecule has 13 heavy (non-hydrogen) atoms. The zero-order chi connectivity index (χ0) is 9.68. The second kappa shape index (κ2) is 5.00. The van der Waals surface area contributed by atoms with E-state index in [1.54, 1.807) is 0 Å². The number of rotatable bonds is 5. The van der Waals surface area contributed by atoms with Gasteiger partial charge >= 0.3 is 5.97 Å². The molecule has 1 rings (SSSR count). The van der Waals surface area contributed by atoms with Crippen LogP contribution in [0.4, 0.5) is 0 Å². The van der Waals surface area contributed by atoms with Crippen molar-refractivity contribution in [3.05, 3.63) is 0 Å². The molecule has 1 unspecified atom stereocenters. The van der Waals surface area contributed by atoms with Crippen molar-refractivity contribution in [2.75, 3.05) is 0 Å². The van der Waals surface area contributed by atoms with Gasteiger partial charge in [-0.05, 0) is 25.2 Å². The van der Waals surface area contributed by atoms with Crippen molar-refractivity contribution in [2.45, 2.75) is 45.1 Å². The Morgan fingerprint density at radius 3 is 2.77 bits per heavy atom. The zero-order valence-corrected chi connectivity index (χ0v) is 7.99. The molecule has 74 valence electrons. The van der Waals surface area contributed by atoms with Gasteiger partial charge in [-0.15, -0.1) is 0 Å². The van der Waals surface area contributed by atoms with Gasteiger partial charge in [0.2, 0.25) is 0 Å². The minimum absolute atomic E-state index is 0.116. The standard InChI is InChI=1S/C10H16O3/c1-8(5-6-11)7-10(12)13-9-3-2-4-9/h6,8-9H,2-5,7H2,1H3. The average molecular weight is 184 g/mol. The topological polar surface area (TPSA) is 43.4 Å². The van der Waals surface area contributed by atoms with Crippen LogP contribution in [0.3, 0.4) is 0 Å². The third-order valence-electron chi connectivity index (χ3n) is 2.36. The summed E-state index contributed by atoms with van der Waals surface area (Å²) in [6.07, 6.45) is 5.01. The van der Waals surface area contributed by atoms with Crippen molar-refractivity contribution < 1.29 is 14.3 Å². The number of hydrogen-bond donors (Lipinski definition) is 0. The number of ether oxygens (including phenoxy) is 1. The first-order valence-corrected chi connectivity index (χ1v) is 4.85. The third-order valence-corrected chi connectivity index (χ3v) is 2.36. The van der Waals surface area contributed by atoms with E-state index in [1.807, 2.05) is 6.92 Å². The van der Waals surface area contributed by atoms with E-state index in [-0.39, 0.29) is 18.0 Å². The molecule has 0 amide bonds. The second-order valence-electron chi connectivity index (χ2n) is 3.75. The summed E-state index contributed by atoms with van der Waals surface area (Å²) in [5, 5.41) is 0. The van der Waals surface area contributed by atoms with Gasteiger partial charge in [-0.1, -0.05) is 6.92 Å². The molecule has 0 aliphatic heterocycles. The van der Waals surface area contributed by atoms with Gasteiger partial charge in [0.05, 0.1) is 0 Å². The predicted octanol–water partition coefficient (Wildman–Crippen LogP) is 1.70. The van der Waals surface area contributed by atoms with Gasteiger partial charge in [0.1, 0.15) is 12.4 Å². The van der Waals surface area contributed by atoms with Gasteiger partial charge in [-0.2, -0.15) is 0 Å². The fourth-order valence-corrected chi connectivity index (χ4v) is 1.25. The van der Waals surface area contributed by atoms with Crippen LogP contribution in [0.2, 0.25) is 0 Å². The highest BCUT2D eigenvalue weighted by Crippen LogP contribution is 2.23. The maximum Gasteiger partial charge on any atom is 0.306 e. The lowest BCUT2D eigenvalue weighted by molar-refractivity contribution is -0.153. The Morgan fingerprint density at radius 2 is 2.31 bits per heavy atom. The number of hydrogen-bond acceptors (Lipinski definition) is 3. The summed E-state index contributed by atoms with van der Waals surface area (Å²) in [7, 11) is 0. The molecule has 0 N–H and O–H groups in total. The third kappa shape index (κ3) is 3.57. The van der Waals surface area contributed by atoms with Crippen LogP contribution in [0.5, 0.6) is 0 Å². The number of aldehydes is 1. The molecule has 1 aliphatic rings. The highest BCUT2D eigenvalue weighted by Gasteiger charge is 2.22. The molecule has 0 aromatic carbocycles. The van der Waals surface area contributed by atoms with Crippen molar-refractivity contribution in [1.82, 2.24) is 0 Å². The lowest BCUT2D eigenvalue weighted by atomic mass is 9.96. The fourth-order valence-electron chi connectivity index (χ4n) is 1.25. The number of carbonyl (C=O) groups excluding carboxylic acids is 2. The van der Waals surface area contributed by atoms with Gasteiger partial charge < -0.3 is 9.53 Å². The first-order chi connectivity index (χ1) is 6.22. The maximum absolute atomic E-state index is 11.2. The monoisotopic (exact) mass is 184 g/mol. The van der Waals surface area contributed by atoms with Gasteiger partial charge in [-0.3, -0.25) is 4.79 Å². The zero-order valence-electron chi connectivity index (χ0n) is 7.99. The van der Waals surface area contributed by atoms with Crippen molar-refractivity contribution in [3.8, 4) is 0 Å². The van der Waals surface area contributed by atoms with Crippen LogP contribution in [0, 0.1) is 5.92 Å². The summed E-state index contributed by atoms with van der Waals surface area (Å²) in [5.41, 5.74) is 0. The van der Waals surface area contributed by atoms with Gasteiger partial charge in [-0.25, -0.2) is 0 Å². The fraction of sp³-hybridized carbons (Fsp3) is 0.800. The summed E-state index contributed by atoms with van der Waals surface area (Å²) in [6.45, 7) is 1.89. The SMILES string of the molecule is CC(CC=O)CC(=O)OC1CCC1. The van der Waals surface area contributed by atoms with Gasteiger partial charge in [0.25, 0.3) is 0 Å². The van der Waals surface area contributed by atoms with E-state index in [1.165, 1.54) is 6.42 Å². The molecule has 1 fully saturated rings. The van der Waals surface area contributed by atoms with Crippen LogP contribution in [0.15, 0.2) is 0 Å². The Hall–Kier alpha value is -0.860. The molecule has 0 aromatic heterocycles. The Balaban J connectivity index is 2.11. The molecule has 1 saturated carbocycles. The first kappa shape index (κ1) is 10.2. The second-order valence-corrected chi connectivity index (χ2v) is 3.75. The van der Waals surface area contributed by atoms with Crippen LogP contribution in [-0.2, 0) is 14.3 Å². The Morgan fingerprint density at radius 1 is 1.62 bits per heavy atom. The Kier molecular flexibility index (Phi) is 3.93. The molecule has 0 aromatic rings. The van der Waals surface area contributed by atoms with E-state index in [9.17, 15) is 9.59 Å². The van der Waals surface area contributed by atoms with Crippen LogP contribution < -0.4 is 0 Å². The predicted molar refractivity (Wildman–Crippen MR) is 48.2 cm³/mol. The molecule has 0 saturated heterocycles. The van der Waals surface area contributed by atoms with Crippen molar-refractivity contribution in [2.24, 2.45) is 5.92 Å². The molecule has 1 aliphatic carbocycles. The van der Waals surface area contributed by atoms with Crippen LogP contribution in [-0.4, -0.2) is 18.4 Å². The minimum Gasteiger partial charge on any atom is -0.462 e. The van der Waals surface area contributed by atoms with Gasteiger partial charge in [0.15, 0.2) is 0 Å². The summed E-state index contributed by atoms with van der Waals surface area (Å²) >= 11 is 0. The largest absolute Gasteiger partial charge is 0.462 e. The van der Waals surface area contributed by atoms with E-state index in [0.717, 1.165) is 19.1 Å². The van der Waals surface area contributed by atoms with Crippen LogP contribution in [0.25, 0.3) is 0 Å². The lowest BCUT2D eigenvalue weighted by Gasteiger charge is -2.25. The summed E-state index contributed by atoms with van der Waals surface area (Å²) in [4.78, 5) is 21.3. The molecule has 3 heteroatoms. The van der Waals surface area contributed by atoms with Crippen molar-refractivity contribution in [1.29, 1.82) is 0 Å². The van der Waals surface area contributed by atoms with Crippen molar-refractivity contribution >= 4 is 12.3 Å². The molecule has 3 nitrogen and oxygen atoms in total. The minimum atomic E-state index is -0.154. The number of esters is 1. The highest BCUT2D eigenvalue weighted by atomic mass is 16.5. The van der Waals surface area contributed by atoms with E-state index < -0.39 is 0 Å². The van der Waals surface area contributed by atoms with Gasteiger partial charge in [0, 0.05) is 12.8 Å². The van der Waals surface area contributed by atoms with Crippen LogP contribution in [0.1, 0.15) is 39.0 Å². The molecule has 0 radical (unpaired) electrons. The summed E-state index contributed by atoms with van der Waals surface area (Å²) in [6, 6.07) is 0. The Bertz CT molecular complexity index is 185. The summed E-state index contributed by atoms with van der Waals surface area (Å²) < 4.78 is 5.15. The summed E-state index contributed by atoms with van der Waals surface area (Å²) in [5.74, 6) is -0.0378. The van der Waals surface area contributed by atoms with Crippen molar-refractivity contribution in [3.63, 3.8) is 0 Å². The number of carbonyl (C=O) groups is 2. The highest BCUT2D eigenvalue weighted by molar-refractivity contribution is 5.70. The van der Waals surface area contributed by atoms with E-state index >= 15 is 0 Å².